The molecular formula is C18H13ClF5N3O3. The van der Waals surface area contributed by atoms with E-state index < -0.39 is 58.9 Å². The van der Waals surface area contributed by atoms with Crippen LogP contribution in [0.15, 0.2) is 24.3 Å². The van der Waals surface area contributed by atoms with Crippen molar-refractivity contribution in [3.63, 3.8) is 0 Å². The van der Waals surface area contributed by atoms with Crippen LogP contribution in [0.4, 0.5) is 38.3 Å². The Hall–Kier alpha value is -2.95. The maximum atomic E-state index is 14.3. The van der Waals surface area contributed by atoms with Crippen LogP contribution < -0.4 is 9.80 Å². The number of hydrogen-bond acceptors (Lipinski definition) is 4. The molecule has 30 heavy (non-hydrogen) atoms. The Bertz CT molecular complexity index is 1030. The zero-order valence-electron chi connectivity index (χ0n) is 15.4. The van der Waals surface area contributed by atoms with E-state index in [0.717, 1.165) is 30.1 Å². The first-order valence-electron chi connectivity index (χ1n) is 8.34. The van der Waals surface area contributed by atoms with Gasteiger partial charge in [0.25, 0.3) is 5.91 Å². The summed E-state index contributed by atoms with van der Waals surface area (Å²) >= 11 is 5.52. The molecule has 0 unspecified atom stereocenters. The lowest BCUT2D eigenvalue weighted by molar-refractivity contribution is -0.137. The summed E-state index contributed by atoms with van der Waals surface area (Å²) in [7, 11) is 1.14. The molecule has 0 aliphatic carbocycles. The summed E-state index contributed by atoms with van der Waals surface area (Å²) in [6.07, 6.45) is -5.80. The highest BCUT2D eigenvalue weighted by Crippen LogP contribution is 2.34. The second kappa shape index (κ2) is 7.71. The van der Waals surface area contributed by atoms with Crippen molar-refractivity contribution in [1.82, 2.24) is 4.98 Å². The Morgan fingerprint density at radius 1 is 1.30 bits per heavy atom. The molecule has 2 amide bonds. The van der Waals surface area contributed by atoms with E-state index >= 15 is 0 Å². The minimum absolute atomic E-state index is 0.0459. The summed E-state index contributed by atoms with van der Waals surface area (Å²) in [4.78, 5) is 30.4. The highest BCUT2D eigenvalue weighted by molar-refractivity contribution is 6.31. The second-order valence-corrected chi connectivity index (χ2v) is 6.79. The minimum Gasteiger partial charge on any atom is -0.446 e. The van der Waals surface area contributed by atoms with Crippen LogP contribution in [-0.4, -0.2) is 36.7 Å². The van der Waals surface area contributed by atoms with Gasteiger partial charge in [-0.3, -0.25) is 4.79 Å². The van der Waals surface area contributed by atoms with Gasteiger partial charge in [0.05, 0.1) is 11.3 Å². The average molecular weight is 450 g/mol. The number of rotatable bonds is 3. The van der Waals surface area contributed by atoms with E-state index in [2.05, 4.69) is 4.98 Å². The van der Waals surface area contributed by atoms with Gasteiger partial charge in [-0.15, -0.1) is 0 Å². The van der Waals surface area contributed by atoms with E-state index in [9.17, 15) is 31.5 Å². The first kappa shape index (κ1) is 21.8. The van der Waals surface area contributed by atoms with Gasteiger partial charge < -0.3 is 9.64 Å². The number of benzene rings is 1. The standard InChI is InChI=1S/C18H13ClF5N3O3/c1-8-5-9(18(22,23)24)6-13(25-8)27-12(7-30-17(27)29)16(28)26(2)11-4-3-10(20)14(19)15(11)21/h3-6,12H,7H2,1-2H3/t12-/m0/s1. The van der Waals surface area contributed by atoms with Crippen LogP contribution in [-0.2, 0) is 15.7 Å². The lowest BCUT2D eigenvalue weighted by Crippen LogP contribution is -2.47. The van der Waals surface area contributed by atoms with E-state index in [1.54, 1.807) is 0 Å². The molecule has 12 heteroatoms. The first-order valence-corrected chi connectivity index (χ1v) is 8.72. The van der Waals surface area contributed by atoms with Crippen LogP contribution in [0.1, 0.15) is 11.3 Å². The monoisotopic (exact) mass is 449 g/mol. The fraction of sp³-hybridized carbons (Fsp3) is 0.278. The van der Waals surface area contributed by atoms with E-state index in [1.165, 1.54) is 6.92 Å². The molecule has 6 nitrogen and oxygen atoms in total. The molecule has 1 aromatic heterocycles. The Morgan fingerprint density at radius 3 is 2.60 bits per heavy atom. The number of aromatic nitrogens is 1. The number of pyridine rings is 1. The molecule has 0 radical (unpaired) electrons. The average Bonchev–Trinajstić information content (AvgIpc) is 3.05. The SMILES string of the molecule is Cc1cc(C(F)(F)F)cc(N2C(=O)OC[C@H]2C(=O)N(C)c2ccc(F)c(Cl)c2F)n1. The van der Waals surface area contributed by atoms with Gasteiger partial charge in [-0.05, 0) is 31.2 Å². The Balaban J connectivity index is 1.98. The van der Waals surface area contributed by atoms with Gasteiger partial charge in [-0.1, -0.05) is 11.6 Å². The van der Waals surface area contributed by atoms with Crippen molar-refractivity contribution in [3.8, 4) is 0 Å². The number of anilines is 2. The van der Waals surface area contributed by atoms with Crippen LogP contribution >= 0.6 is 11.6 Å². The Morgan fingerprint density at radius 2 is 1.97 bits per heavy atom. The highest BCUT2D eigenvalue weighted by Gasteiger charge is 2.43. The number of hydrogen-bond donors (Lipinski definition) is 0. The topological polar surface area (TPSA) is 62.7 Å². The molecule has 3 rings (SSSR count). The van der Waals surface area contributed by atoms with Crippen LogP contribution in [0.3, 0.4) is 0 Å². The van der Waals surface area contributed by atoms with Crippen LogP contribution in [0.2, 0.25) is 5.02 Å². The van der Waals surface area contributed by atoms with Gasteiger partial charge in [0.15, 0.2) is 11.9 Å². The van der Waals surface area contributed by atoms with Gasteiger partial charge in [-0.25, -0.2) is 23.5 Å². The zero-order chi connectivity index (χ0) is 22.4. The number of alkyl halides is 3. The van der Waals surface area contributed by atoms with Crippen molar-refractivity contribution in [1.29, 1.82) is 0 Å². The summed E-state index contributed by atoms with van der Waals surface area (Å²) in [5, 5.41) is -0.835. The first-order chi connectivity index (χ1) is 13.9. The van der Waals surface area contributed by atoms with Crippen molar-refractivity contribution in [2.75, 3.05) is 23.5 Å². The summed E-state index contributed by atoms with van der Waals surface area (Å²) in [5.41, 5.74) is -1.50. The molecule has 0 spiro atoms. The molecule has 0 bridgehead atoms. The van der Waals surface area contributed by atoms with Crippen LogP contribution in [0.25, 0.3) is 0 Å². The van der Waals surface area contributed by atoms with Crippen molar-refractivity contribution < 1.29 is 36.3 Å². The van der Waals surface area contributed by atoms with Gasteiger partial charge in [0.1, 0.15) is 23.3 Å². The largest absolute Gasteiger partial charge is 0.446 e. The summed E-state index contributed by atoms with van der Waals surface area (Å²) < 4.78 is 71.9. The Kier molecular flexibility index (Phi) is 5.59. The molecule has 1 aliphatic heterocycles. The van der Waals surface area contributed by atoms with E-state index in [-0.39, 0.29) is 11.4 Å². The lowest BCUT2D eigenvalue weighted by atomic mass is 10.1. The molecule has 1 fully saturated rings. The van der Waals surface area contributed by atoms with Gasteiger partial charge in [0, 0.05) is 12.7 Å². The predicted molar refractivity (Wildman–Crippen MR) is 96.4 cm³/mol. The number of aryl methyl sites for hydroxylation is 1. The third-order valence-electron chi connectivity index (χ3n) is 4.38. The van der Waals surface area contributed by atoms with Gasteiger partial charge in [-0.2, -0.15) is 13.2 Å². The summed E-state index contributed by atoms with van der Waals surface area (Å²) in [6, 6.07) is 1.76. The molecule has 1 atom stereocenters. The summed E-state index contributed by atoms with van der Waals surface area (Å²) in [5.74, 6) is -3.60. The molecule has 0 N–H and O–H groups in total. The summed E-state index contributed by atoms with van der Waals surface area (Å²) in [6.45, 7) is 0.786. The molecule has 2 heterocycles. The lowest BCUT2D eigenvalue weighted by Gasteiger charge is -2.26. The quantitative estimate of drug-likeness (QED) is 0.517. The van der Waals surface area contributed by atoms with Crippen molar-refractivity contribution in [3.05, 3.63) is 52.2 Å². The number of ether oxygens (including phenoxy) is 1. The third-order valence-corrected chi connectivity index (χ3v) is 4.73. The van der Waals surface area contributed by atoms with Crippen LogP contribution in [0.5, 0.6) is 0 Å². The number of likely N-dealkylation sites (N-methyl/N-ethyl adjacent to an activating group) is 1. The number of carbonyl (C=O) groups excluding carboxylic acids is 2. The van der Waals surface area contributed by atoms with E-state index in [1.807, 2.05) is 0 Å². The van der Waals surface area contributed by atoms with Gasteiger partial charge in [0.2, 0.25) is 0 Å². The van der Waals surface area contributed by atoms with Crippen LogP contribution in [0, 0.1) is 18.6 Å². The Labute approximate surface area is 171 Å². The van der Waals surface area contributed by atoms with E-state index in [4.69, 9.17) is 16.3 Å². The van der Waals surface area contributed by atoms with E-state index in [0.29, 0.717) is 11.0 Å². The molecular weight excluding hydrogens is 437 g/mol. The molecule has 1 aromatic carbocycles. The number of nitrogens with zero attached hydrogens (tertiary/aromatic N) is 3. The fourth-order valence-corrected chi connectivity index (χ4v) is 3.07. The highest BCUT2D eigenvalue weighted by atomic mass is 35.5. The normalized spacial score (nSPS) is 16.6. The fourth-order valence-electron chi connectivity index (χ4n) is 2.91. The molecule has 2 aromatic rings. The smallest absolute Gasteiger partial charge is 0.416 e. The number of carbonyl (C=O) groups is 2. The maximum Gasteiger partial charge on any atom is 0.416 e. The predicted octanol–water partition coefficient (Wildman–Crippen LogP) is 4.33. The number of halogens is 6. The molecule has 1 aliphatic rings. The molecule has 0 saturated carbocycles. The van der Waals surface area contributed by atoms with Crippen molar-refractivity contribution in [2.24, 2.45) is 0 Å². The van der Waals surface area contributed by atoms with Crippen molar-refractivity contribution >= 4 is 35.1 Å². The second-order valence-electron chi connectivity index (χ2n) is 6.41. The third kappa shape index (κ3) is 3.89. The molecule has 1 saturated heterocycles. The zero-order valence-corrected chi connectivity index (χ0v) is 16.2. The maximum absolute atomic E-state index is 14.3. The number of cyclic esters (lactones) is 1. The minimum atomic E-state index is -4.71. The van der Waals surface area contributed by atoms with Crippen molar-refractivity contribution in [2.45, 2.75) is 19.1 Å². The van der Waals surface area contributed by atoms with Gasteiger partial charge >= 0.3 is 12.3 Å². The number of amides is 2. The molecule has 160 valence electrons.